The highest BCUT2D eigenvalue weighted by atomic mass is 16.1. The molecule has 0 fully saturated rings. The molecule has 0 aliphatic carbocycles. The van der Waals surface area contributed by atoms with Gasteiger partial charge >= 0.3 is 0 Å². The van der Waals surface area contributed by atoms with Crippen LogP contribution >= 0.6 is 0 Å². The first-order valence-electron chi connectivity index (χ1n) is 9.29. The molecule has 0 aliphatic heterocycles. The Kier molecular flexibility index (Phi) is 6.40. The SMILES string of the molecule is CN(C)CCN(C)c1ccc(C=CC(=O)c2ccc(-n3ccnc3)cc2)cc1. The number of carbonyl (C=O) groups excluding carboxylic acids is 1. The smallest absolute Gasteiger partial charge is 0.185 e. The molecular formula is C23H26N4O. The Balaban J connectivity index is 1.60. The Labute approximate surface area is 166 Å². The second-order valence-corrected chi connectivity index (χ2v) is 7.03. The van der Waals surface area contributed by atoms with Crippen LogP contribution in [0.15, 0.2) is 73.3 Å². The van der Waals surface area contributed by atoms with Crippen molar-refractivity contribution in [2.45, 2.75) is 0 Å². The van der Waals surface area contributed by atoms with E-state index in [0.717, 1.165) is 24.3 Å². The van der Waals surface area contributed by atoms with Crippen LogP contribution < -0.4 is 4.90 Å². The van der Waals surface area contributed by atoms with Crippen LogP contribution in [0.4, 0.5) is 5.69 Å². The molecule has 0 atom stereocenters. The van der Waals surface area contributed by atoms with E-state index in [2.05, 4.69) is 48.1 Å². The molecule has 0 amide bonds. The third kappa shape index (κ3) is 5.18. The van der Waals surface area contributed by atoms with Crippen LogP contribution in [0, 0.1) is 0 Å². The maximum absolute atomic E-state index is 12.4. The van der Waals surface area contributed by atoms with E-state index in [1.807, 2.05) is 53.2 Å². The number of likely N-dealkylation sites (N-methyl/N-ethyl adjacent to an activating group) is 2. The second-order valence-electron chi connectivity index (χ2n) is 7.03. The van der Waals surface area contributed by atoms with Crippen LogP contribution in [0.1, 0.15) is 15.9 Å². The van der Waals surface area contributed by atoms with Crippen LogP contribution in [0.3, 0.4) is 0 Å². The number of nitrogens with zero attached hydrogens (tertiary/aromatic N) is 4. The molecule has 2 aromatic carbocycles. The van der Waals surface area contributed by atoms with E-state index in [1.54, 1.807) is 18.6 Å². The summed E-state index contributed by atoms with van der Waals surface area (Å²) in [6, 6.07) is 15.7. The molecule has 0 unspecified atom stereocenters. The minimum absolute atomic E-state index is 0.00985. The predicted octanol–water partition coefficient (Wildman–Crippen LogP) is 3.77. The predicted molar refractivity (Wildman–Crippen MR) is 115 cm³/mol. The number of carbonyl (C=O) groups is 1. The lowest BCUT2D eigenvalue weighted by molar-refractivity contribution is 0.104. The number of hydrogen-bond donors (Lipinski definition) is 0. The first-order chi connectivity index (χ1) is 13.5. The van der Waals surface area contributed by atoms with Gasteiger partial charge in [-0.1, -0.05) is 18.2 Å². The number of imidazole rings is 1. The quantitative estimate of drug-likeness (QED) is 0.445. The van der Waals surface area contributed by atoms with Crippen molar-refractivity contribution >= 4 is 17.5 Å². The van der Waals surface area contributed by atoms with Crippen molar-refractivity contribution in [3.63, 3.8) is 0 Å². The zero-order valence-electron chi connectivity index (χ0n) is 16.6. The minimum Gasteiger partial charge on any atom is -0.373 e. The Morgan fingerprint density at radius 1 is 1.00 bits per heavy atom. The van der Waals surface area contributed by atoms with Crippen molar-refractivity contribution in [2.75, 3.05) is 39.1 Å². The first-order valence-corrected chi connectivity index (χ1v) is 9.29. The van der Waals surface area contributed by atoms with E-state index in [-0.39, 0.29) is 5.78 Å². The molecule has 0 aliphatic rings. The molecule has 1 aromatic heterocycles. The Hall–Kier alpha value is -3.18. The van der Waals surface area contributed by atoms with Gasteiger partial charge in [0.15, 0.2) is 5.78 Å². The van der Waals surface area contributed by atoms with Crippen LogP contribution in [0.25, 0.3) is 11.8 Å². The monoisotopic (exact) mass is 374 g/mol. The number of ketones is 1. The van der Waals surface area contributed by atoms with E-state index in [4.69, 9.17) is 0 Å². The highest BCUT2D eigenvalue weighted by molar-refractivity contribution is 6.06. The summed E-state index contributed by atoms with van der Waals surface area (Å²) in [5.74, 6) is -0.00985. The second kappa shape index (κ2) is 9.15. The van der Waals surface area contributed by atoms with Crippen LogP contribution in [-0.4, -0.2) is 54.5 Å². The van der Waals surface area contributed by atoms with E-state index >= 15 is 0 Å². The van der Waals surface area contributed by atoms with Gasteiger partial charge in [-0.3, -0.25) is 4.79 Å². The van der Waals surface area contributed by atoms with Crippen molar-refractivity contribution in [1.82, 2.24) is 14.5 Å². The molecule has 5 heteroatoms. The first kappa shape index (κ1) is 19.6. The topological polar surface area (TPSA) is 41.4 Å². The number of hydrogen-bond acceptors (Lipinski definition) is 4. The highest BCUT2D eigenvalue weighted by Crippen LogP contribution is 2.15. The summed E-state index contributed by atoms with van der Waals surface area (Å²) < 4.78 is 1.90. The number of benzene rings is 2. The van der Waals surface area contributed by atoms with Crippen molar-refractivity contribution in [3.05, 3.63) is 84.5 Å². The number of aromatic nitrogens is 2. The van der Waals surface area contributed by atoms with Gasteiger partial charge in [-0.2, -0.15) is 0 Å². The fourth-order valence-corrected chi connectivity index (χ4v) is 2.80. The van der Waals surface area contributed by atoms with Gasteiger partial charge in [-0.15, -0.1) is 0 Å². The van der Waals surface area contributed by atoms with Crippen LogP contribution in [0.5, 0.6) is 0 Å². The molecule has 3 aromatic rings. The highest BCUT2D eigenvalue weighted by Gasteiger charge is 2.04. The Morgan fingerprint density at radius 3 is 2.32 bits per heavy atom. The van der Waals surface area contributed by atoms with E-state index in [9.17, 15) is 4.79 Å². The molecule has 0 spiro atoms. The van der Waals surface area contributed by atoms with Gasteiger partial charge in [0.05, 0.1) is 6.33 Å². The standard InChI is InChI=1S/C23H26N4O/c1-25(2)16-17-26(3)21-9-4-19(5-10-21)6-13-23(28)20-7-11-22(12-8-20)27-15-14-24-18-27/h4-15,18H,16-17H2,1-3H3. The minimum atomic E-state index is -0.00985. The fraction of sp³-hybridized carbons (Fsp3) is 0.217. The maximum atomic E-state index is 12.4. The van der Waals surface area contributed by atoms with Crippen molar-refractivity contribution < 1.29 is 4.79 Å². The van der Waals surface area contributed by atoms with E-state index in [1.165, 1.54) is 5.69 Å². The number of anilines is 1. The van der Waals surface area contributed by atoms with E-state index < -0.39 is 0 Å². The largest absolute Gasteiger partial charge is 0.373 e. The van der Waals surface area contributed by atoms with Crippen LogP contribution in [-0.2, 0) is 0 Å². The van der Waals surface area contributed by atoms with Gasteiger partial charge in [0.2, 0.25) is 0 Å². The Bertz CT molecular complexity index is 910. The molecule has 5 nitrogen and oxygen atoms in total. The summed E-state index contributed by atoms with van der Waals surface area (Å²) >= 11 is 0. The molecule has 1 heterocycles. The van der Waals surface area contributed by atoms with Gasteiger partial charge in [0, 0.05) is 49.5 Å². The van der Waals surface area contributed by atoms with E-state index in [0.29, 0.717) is 5.56 Å². The zero-order chi connectivity index (χ0) is 19.9. The summed E-state index contributed by atoms with van der Waals surface area (Å²) in [7, 11) is 6.24. The number of rotatable bonds is 8. The molecule has 0 saturated heterocycles. The third-order valence-electron chi connectivity index (χ3n) is 4.60. The molecule has 0 N–H and O–H groups in total. The molecule has 0 radical (unpaired) electrons. The van der Waals surface area contributed by atoms with Gasteiger partial charge < -0.3 is 14.4 Å². The zero-order valence-corrected chi connectivity index (χ0v) is 16.6. The van der Waals surface area contributed by atoms with Crippen molar-refractivity contribution in [3.8, 4) is 5.69 Å². The van der Waals surface area contributed by atoms with Gasteiger partial charge in [-0.25, -0.2) is 4.98 Å². The lowest BCUT2D eigenvalue weighted by Crippen LogP contribution is -2.28. The van der Waals surface area contributed by atoms with Crippen molar-refractivity contribution in [2.24, 2.45) is 0 Å². The van der Waals surface area contributed by atoms with Gasteiger partial charge in [0.1, 0.15) is 0 Å². The maximum Gasteiger partial charge on any atom is 0.185 e. The third-order valence-corrected chi connectivity index (χ3v) is 4.60. The molecule has 3 rings (SSSR count). The average molecular weight is 374 g/mol. The molecule has 28 heavy (non-hydrogen) atoms. The lowest BCUT2D eigenvalue weighted by Gasteiger charge is -2.21. The summed E-state index contributed by atoms with van der Waals surface area (Å²) in [5.41, 5.74) is 3.82. The normalized spacial score (nSPS) is 11.3. The summed E-state index contributed by atoms with van der Waals surface area (Å²) in [6.45, 7) is 1.97. The average Bonchev–Trinajstić information content (AvgIpc) is 3.25. The Morgan fingerprint density at radius 2 is 1.71 bits per heavy atom. The van der Waals surface area contributed by atoms with Gasteiger partial charge in [-0.05, 0) is 62.1 Å². The summed E-state index contributed by atoms with van der Waals surface area (Å²) in [4.78, 5) is 20.8. The molecule has 0 bridgehead atoms. The summed E-state index contributed by atoms with van der Waals surface area (Å²) in [5, 5.41) is 0. The van der Waals surface area contributed by atoms with Gasteiger partial charge in [0.25, 0.3) is 0 Å². The lowest BCUT2D eigenvalue weighted by atomic mass is 10.1. The molecule has 144 valence electrons. The number of allylic oxidation sites excluding steroid dienone is 1. The van der Waals surface area contributed by atoms with Crippen LogP contribution in [0.2, 0.25) is 0 Å². The molecular weight excluding hydrogens is 348 g/mol. The van der Waals surface area contributed by atoms with Crippen molar-refractivity contribution in [1.29, 1.82) is 0 Å². The summed E-state index contributed by atoms with van der Waals surface area (Å²) in [6.07, 6.45) is 8.82. The fourth-order valence-electron chi connectivity index (χ4n) is 2.80. The molecule has 0 saturated carbocycles.